The van der Waals surface area contributed by atoms with Crippen LogP contribution >= 0.6 is 0 Å². The predicted octanol–water partition coefficient (Wildman–Crippen LogP) is 3.11. The topological polar surface area (TPSA) is 35.5 Å². The van der Waals surface area contributed by atoms with Gasteiger partial charge in [0, 0.05) is 13.0 Å². The summed E-state index contributed by atoms with van der Waals surface area (Å²) in [6.07, 6.45) is 1.21. The van der Waals surface area contributed by atoms with E-state index in [0.717, 1.165) is 5.56 Å². The summed E-state index contributed by atoms with van der Waals surface area (Å²) in [4.78, 5) is 11.8. The molecule has 0 aliphatic heterocycles. The number of hydrogen-bond acceptors (Lipinski definition) is 3. The minimum Gasteiger partial charge on any atom is -0.432 e. The second kappa shape index (κ2) is 6.21. The minimum atomic E-state index is -0.512. The Balaban J connectivity index is 2.71. The smallest absolute Gasteiger partial charge is 0.340 e. The summed E-state index contributed by atoms with van der Waals surface area (Å²) in [6, 6.07) is 7.07. The molecule has 1 atom stereocenters. The van der Waals surface area contributed by atoms with Crippen molar-refractivity contribution in [2.24, 2.45) is 5.92 Å². The van der Waals surface area contributed by atoms with Crippen LogP contribution in [0.25, 0.3) is 6.08 Å². The van der Waals surface area contributed by atoms with Crippen LogP contribution in [0.3, 0.4) is 0 Å². The fourth-order valence-corrected chi connectivity index (χ4v) is 1.39. The third kappa shape index (κ3) is 3.71. The average Bonchev–Trinajstić information content (AvgIpc) is 2.35. The first-order valence-corrected chi connectivity index (χ1v) is 5.54. The lowest BCUT2D eigenvalue weighted by molar-refractivity contribution is -0.114. The lowest BCUT2D eigenvalue weighted by atomic mass is 10.1. The van der Waals surface area contributed by atoms with E-state index in [2.05, 4.69) is 6.58 Å². The van der Waals surface area contributed by atoms with Gasteiger partial charge in [0.2, 0.25) is 6.29 Å². The molecule has 0 N–H and O–H groups in total. The van der Waals surface area contributed by atoms with Crippen molar-refractivity contribution in [1.82, 2.24) is 0 Å². The molecule has 0 saturated carbocycles. The Labute approximate surface area is 102 Å². The quantitative estimate of drug-likeness (QED) is 0.580. The molecular formula is C14H18O3. The van der Waals surface area contributed by atoms with Crippen molar-refractivity contribution in [3.05, 3.63) is 42.0 Å². The van der Waals surface area contributed by atoms with E-state index in [1.165, 1.54) is 7.11 Å². The second-order valence-electron chi connectivity index (χ2n) is 4.08. The van der Waals surface area contributed by atoms with E-state index in [0.29, 0.717) is 5.56 Å². The number of ether oxygens (including phenoxy) is 2. The Kier molecular flexibility index (Phi) is 4.91. The summed E-state index contributed by atoms with van der Waals surface area (Å²) in [7, 11) is 1.53. The van der Waals surface area contributed by atoms with Gasteiger partial charge in [-0.1, -0.05) is 38.6 Å². The highest BCUT2D eigenvalue weighted by molar-refractivity contribution is 5.89. The molecule has 0 aromatic heterocycles. The molecule has 1 unspecified atom stereocenters. The van der Waals surface area contributed by atoms with Crippen molar-refractivity contribution in [3.8, 4) is 0 Å². The molecule has 0 heterocycles. The largest absolute Gasteiger partial charge is 0.432 e. The first-order chi connectivity index (χ1) is 8.08. The van der Waals surface area contributed by atoms with Crippen LogP contribution < -0.4 is 0 Å². The molecular weight excluding hydrogens is 216 g/mol. The highest BCUT2D eigenvalue weighted by atomic mass is 16.7. The molecule has 1 aromatic carbocycles. The summed E-state index contributed by atoms with van der Waals surface area (Å²) in [5, 5.41) is 0. The van der Waals surface area contributed by atoms with Crippen LogP contribution in [0.1, 0.15) is 29.8 Å². The Morgan fingerprint density at radius 2 is 1.88 bits per heavy atom. The molecule has 0 amide bonds. The number of esters is 1. The van der Waals surface area contributed by atoms with E-state index in [1.54, 1.807) is 18.2 Å². The van der Waals surface area contributed by atoms with Crippen molar-refractivity contribution in [2.75, 3.05) is 7.11 Å². The third-order valence-electron chi connectivity index (χ3n) is 2.38. The van der Waals surface area contributed by atoms with Crippen molar-refractivity contribution in [1.29, 1.82) is 0 Å². The second-order valence-corrected chi connectivity index (χ2v) is 4.08. The first kappa shape index (κ1) is 13.5. The monoisotopic (exact) mass is 234 g/mol. The minimum absolute atomic E-state index is 0.122. The van der Waals surface area contributed by atoms with Gasteiger partial charge in [0.05, 0.1) is 5.56 Å². The van der Waals surface area contributed by atoms with Gasteiger partial charge < -0.3 is 9.47 Å². The van der Waals surface area contributed by atoms with Crippen molar-refractivity contribution < 1.29 is 14.3 Å². The Morgan fingerprint density at radius 3 is 2.29 bits per heavy atom. The maximum Gasteiger partial charge on any atom is 0.340 e. The molecule has 0 radical (unpaired) electrons. The van der Waals surface area contributed by atoms with E-state index in [4.69, 9.17) is 9.47 Å². The molecule has 92 valence electrons. The molecule has 0 aliphatic carbocycles. The van der Waals surface area contributed by atoms with E-state index in [1.807, 2.05) is 26.0 Å². The van der Waals surface area contributed by atoms with E-state index in [-0.39, 0.29) is 11.9 Å². The number of benzene rings is 1. The first-order valence-electron chi connectivity index (χ1n) is 5.54. The van der Waals surface area contributed by atoms with E-state index < -0.39 is 6.29 Å². The van der Waals surface area contributed by atoms with Gasteiger partial charge in [-0.2, -0.15) is 0 Å². The molecule has 0 spiro atoms. The molecule has 0 fully saturated rings. The fourth-order valence-electron chi connectivity index (χ4n) is 1.39. The van der Waals surface area contributed by atoms with Gasteiger partial charge >= 0.3 is 5.97 Å². The van der Waals surface area contributed by atoms with Gasteiger partial charge in [0.15, 0.2) is 0 Å². The standard InChI is InChI=1S/C14H18O3/c1-5-11-6-8-12(9-7-11)13(15)17-14(16-4)10(2)3/h5-10,14H,1H2,2-4H3. The van der Waals surface area contributed by atoms with E-state index in [9.17, 15) is 4.79 Å². The maximum atomic E-state index is 11.8. The number of hydrogen-bond donors (Lipinski definition) is 0. The zero-order valence-corrected chi connectivity index (χ0v) is 10.5. The van der Waals surface area contributed by atoms with Crippen LogP contribution in [0.4, 0.5) is 0 Å². The zero-order valence-electron chi connectivity index (χ0n) is 10.5. The summed E-state index contributed by atoms with van der Waals surface area (Å²) in [5.41, 5.74) is 1.48. The molecule has 3 nitrogen and oxygen atoms in total. The van der Waals surface area contributed by atoms with Gasteiger partial charge in [-0.25, -0.2) is 4.79 Å². The van der Waals surface area contributed by atoms with Gasteiger partial charge in [0.25, 0.3) is 0 Å². The number of carbonyl (C=O) groups excluding carboxylic acids is 1. The predicted molar refractivity (Wildman–Crippen MR) is 67.6 cm³/mol. The van der Waals surface area contributed by atoms with E-state index >= 15 is 0 Å². The van der Waals surface area contributed by atoms with Crippen molar-refractivity contribution in [3.63, 3.8) is 0 Å². The number of carbonyl (C=O) groups is 1. The maximum absolute atomic E-state index is 11.8. The SMILES string of the molecule is C=Cc1ccc(C(=O)OC(OC)C(C)C)cc1. The van der Waals surface area contributed by atoms with Crippen molar-refractivity contribution >= 4 is 12.0 Å². The Morgan fingerprint density at radius 1 is 1.29 bits per heavy atom. The van der Waals surface area contributed by atoms with Gasteiger partial charge in [-0.15, -0.1) is 0 Å². The van der Waals surface area contributed by atoms with Gasteiger partial charge in [0.1, 0.15) is 0 Å². The van der Waals surface area contributed by atoms with Gasteiger partial charge in [-0.3, -0.25) is 0 Å². The molecule has 0 aliphatic rings. The normalized spacial score (nSPS) is 12.2. The lowest BCUT2D eigenvalue weighted by Gasteiger charge is -2.19. The number of methoxy groups -OCH3 is 1. The zero-order chi connectivity index (χ0) is 12.8. The summed E-state index contributed by atoms with van der Waals surface area (Å²) >= 11 is 0. The molecule has 1 rings (SSSR count). The fraction of sp³-hybridized carbons (Fsp3) is 0.357. The van der Waals surface area contributed by atoms with Crippen LogP contribution in [-0.4, -0.2) is 19.4 Å². The molecule has 3 heteroatoms. The van der Waals surface area contributed by atoms with Crippen LogP contribution in [0.15, 0.2) is 30.8 Å². The van der Waals surface area contributed by atoms with Crippen LogP contribution in [0, 0.1) is 5.92 Å². The molecule has 0 bridgehead atoms. The van der Waals surface area contributed by atoms with Crippen LogP contribution in [0.5, 0.6) is 0 Å². The van der Waals surface area contributed by atoms with Crippen LogP contribution in [0.2, 0.25) is 0 Å². The van der Waals surface area contributed by atoms with Crippen LogP contribution in [-0.2, 0) is 9.47 Å². The highest BCUT2D eigenvalue weighted by Gasteiger charge is 2.18. The highest BCUT2D eigenvalue weighted by Crippen LogP contribution is 2.12. The Hall–Kier alpha value is -1.61. The molecule has 0 saturated heterocycles. The lowest BCUT2D eigenvalue weighted by Crippen LogP contribution is -2.25. The Bertz CT molecular complexity index is 379. The van der Waals surface area contributed by atoms with Crippen molar-refractivity contribution in [2.45, 2.75) is 20.1 Å². The average molecular weight is 234 g/mol. The summed E-state index contributed by atoms with van der Waals surface area (Å²) in [6.45, 7) is 7.52. The molecule has 1 aromatic rings. The molecule has 17 heavy (non-hydrogen) atoms. The number of rotatable bonds is 5. The van der Waals surface area contributed by atoms with Gasteiger partial charge in [-0.05, 0) is 17.7 Å². The summed E-state index contributed by atoms with van der Waals surface area (Å²) in [5.74, 6) is -0.252. The third-order valence-corrected chi connectivity index (χ3v) is 2.38. The summed E-state index contributed by atoms with van der Waals surface area (Å²) < 4.78 is 10.3.